The van der Waals surface area contributed by atoms with Gasteiger partial charge < -0.3 is 16.0 Å². The van der Waals surface area contributed by atoms with Gasteiger partial charge in [-0.3, -0.25) is 0 Å². The predicted molar refractivity (Wildman–Crippen MR) is 93.3 cm³/mol. The summed E-state index contributed by atoms with van der Waals surface area (Å²) < 4.78 is 0. The van der Waals surface area contributed by atoms with E-state index in [2.05, 4.69) is 43.1 Å². The topological polar surface area (TPSA) is 41.3 Å². The van der Waals surface area contributed by atoms with Gasteiger partial charge >= 0.3 is 0 Å². The summed E-state index contributed by atoms with van der Waals surface area (Å²) in [6.07, 6.45) is 11.8. The van der Waals surface area contributed by atoms with Crippen LogP contribution >= 0.6 is 0 Å². The Kier molecular flexibility index (Phi) is 9.44. The highest BCUT2D eigenvalue weighted by molar-refractivity contribution is 5.29. The van der Waals surface area contributed by atoms with Gasteiger partial charge in [0.2, 0.25) is 0 Å². The van der Waals surface area contributed by atoms with Crippen molar-refractivity contribution in [3.63, 3.8) is 0 Å². The number of nitrogens with two attached hydrogens (primary N) is 1. The van der Waals surface area contributed by atoms with E-state index in [-0.39, 0.29) is 6.04 Å². The molecule has 0 amide bonds. The SMILES string of the molecule is CCCCN(CCCC)CCCNC1=CCC(N)C(C)=C1. The van der Waals surface area contributed by atoms with E-state index in [0.717, 1.165) is 13.0 Å². The van der Waals surface area contributed by atoms with Crippen LogP contribution in [0.4, 0.5) is 0 Å². The van der Waals surface area contributed by atoms with Crippen LogP contribution in [0.15, 0.2) is 23.4 Å². The summed E-state index contributed by atoms with van der Waals surface area (Å²) in [5.41, 5.74) is 8.52. The van der Waals surface area contributed by atoms with Crippen LogP contribution in [0.25, 0.3) is 0 Å². The molecule has 21 heavy (non-hydrogen) atoms. The van der Waals surface area contributed by atoms with Crippen LogP contribution < -0.4 is 11.1 Å². The number of nitrogens with zero attached hydrogens (tertiary/aromatic N) is 1. The third-order valence-corrected chi connectivity index (χ3v) is 4.20. The molecule has 3 nitrogen and oxygen atoms in total. The molecule has 3 N–H and O–H groups in total. The summed E-state index contributed by atoms with van der Waals surface area (Å²) in [7, 11) is 0. The molecule has 1 rings (SSSR count). The second kappa shape index (κ2) is 10.9. The van der Waals surface area contributed by atoms with Crippen LogP contribution in [0.3, 0.4) is 0 Å². The van der Waals surface area contributed by atoms with Crippen molar-refractivity contribution in [1.82, 2.24) is 10.2 Å². The highest BCUT2D eigenvalue weighted by Gasteiger charge is 2.09. The van der Waals surface area contributed by atoms with E-state index in [0.29, 0.717) is 0 Å². The molecule has 0 radical (unpaired) electrons. The zero-order chi connectivity index (χ0) is 15.5. The molecule has 122 valence electrons. The van der Waals surface area contributed by atoms with Crippen LogP contribution in [0.1, 0.15) is 59.3 Å². The van der Waals surface area contributed by atoms with Crippen molar-refractivity contribution in [3.05, 3.63) is 23.4 Å². The maximum Gasteiger partial charge on any atom is 0.0300 e. The van der Waals surface area contributed by atoms with Crippen molar-refractivity contribution in [2.75, 3.05) is 26.2 Å². The highest BCUT2D eigenvalue weighted by Crippen LogP contribution is 2.14. The van der Waals surface area contributed by atoms with Gasteiger partial charge in [0.25, 0.3) is 0 Å². The first-order valence-electron chi connectivity index (χ1n) is 8.77. The van der Waals surface area contributed by atoms with Crippen LogP contribution in [-0.4, -0.2) is 37.1 Å². The van der Waals surface area contributed by atoms with Crippen molar-refractivity contribution in [1.29, 1.82) is 0 Å². The maximum absolute atomic E-state index is 5.98. The van der Waals surface area contributed by atoms with Gasteiger partial charge in [-0.15, -0.1) is 0 Å². The lowest BCUT2D eigenvalue weighted by Gasteiger charge is -2.23. The first-order valence-corrected chi connectivity index (χ1v) is 8.77. The summed E-state index contributed by atoms with van der Waals surface area (Å²) >= 11 is 0. The van der Waals surface area contributed by atoms with Gasteiger partial charge in [-0.25, -0.2) is 0 Å². The summed E-state index contributed by atoms with van der Waals surface area (Å²) in [6.45, 7) is 11.4. The highest BCUT2D eigenvalue weighted by atomic mass is 15.1. The fraction of sp³-hybridized carbons (Fsp3) is 0.778. The van der Waals surface area contributed by atoms with E-state index in [9.17, 15) is 0 Å². The van der Waals surface area contributed by atoms with E-state index in [4.69, 9.17) is 5.73 Å². The Hall–Kier alpha value is -0.800. The van der Waals surface area contributed by atoms with Crippen molar-refractivity contribution < 1.29 is 0 Å². The molecular weight excluding hydrogens is 258 g/mol. The largest absolute Gasteiger partial charge is 0.385 e. The zero-order valence-electron chi connectivity index (χ0n) is 14.3. The van der Waals surface area contributed by atoms with E-state index >= 15 is 0 Å². The third-order valence-electron chi connectivity index (χ3n) is 4.20. The minimum absolute atomic E-state index is 0.217. The van der Waals surface area contributed by atoms with Gasteiger partial charge in [-0.05, 0) is 58.3 Å². The van der Waals surface area contributed by atoms with Gasteiger partial charge in [-0.2, -0.15) is 0 Å². The minimum atomic E-state index is 0.217. The zero-order valence-corrected chi connectivity index (χ0v) is 14.3. The Morgan fingerprint density at radius 2 is 1.76 bits per heavy atom. The summed E-state index contributed by atoms with van der Waals surface area (Å²) in [5, 5.41) is 3.54. The first kappa shape index (κ1) is 18.2. The molecular formula is C18H35N3. The summed E-state index contributed by atoms with van der Waals surface area (Å²) in [5.74, 6) is 0. The Morgan fingerprint density at radius 3 is 2.33 bits per heavy atom. The molecule has 0 aromatic rings. The van der Waals surface area contributed by atoms with E-state index < -0.39 is 0 Å². The molecule has 0 fully saturated rings. The van der Waals surface area contributed by atoms with Crippen LogP contribution in [0.5, 0.6) is 0 Å². The lowest BCUT2D eigenvalue weighted by Crippen LogP contribution is -2.30. The van der Waals surface area contributed by atoms with E-state index in [1.807, 2.05) is 0 Å². The smallest absolute Gasteiger partial charge is 0.0300 e. The van der Waals surface area contributed by atoms with Gasteiger partial charge in [-0.1, -0.05) is 38.3 Å². The lowest BCUT2D eigenvalue weighted by atomic mass is 10.00. The maximum atomic E-state index is 5.98. The van der Waals surface area contributed by atoms with Gasteiger partial charge in [0.1, 0.15) is 0 Å². The number of hydrogen-bond acceptors (Lipinski definition) is 3. The molecule has 1 atom stereocenters. The predicted octanol–water partition coefficient (Wildman–Crippen LogP) is 3.43. The van der Waals surface area contributed by atoms with Gasteiger partial charge in [0.15, 0.2) is 0 Å². The average molecular weight is 293 g/mol. The molecule has 1 aliphatic carbocycles. The summed E-state index contributed by atoms with van der Waals surface area (Å²) in [6, 6.07) is 0.217. The standard InChI is InChI=1S/C18H35N3/c1-4-6-12-21(13-7-5-2)14-8-11-20-17-9-10-18(19)16(3)15-17/h9,15,18,20H,4-8,10-14,19H2,1-3H3. The Bertz CT molecular complexity index is 325. The number of rotatable bonds is 11. The molecule has 0 spiro atoms. The van der Waals surface area contributed by atoms with Crippen molar-refractivity contribution in [3.8, 4) is 0 Å². The molecule has 3 heteroatoms. The van der Waals surface area contributed by atoms with Crippen LogP contribution in [-0.2, 0) is 0 Å². The molecule has 0 saturated heterocycles. The second-order valence-corrected chi connectivity index (χ2v) is 6.22. The Morgan fingerprint density at radius 1 is 1.14 bits per heavy atom. The van der Waals surface area contributed by atoms with E-state index in [1.54, 1.807) is 0 Å². The first-order chi connectivity index (χ1) is 10.2. The molecule has 1 aliphatic rings. The Labute approximate surface area is 131 Å². The quantitative estimate of drug-likeness (QED) is 0.573. The molecule has 0 saturated carbocycles. The van der Waals surface area contributed by atoms with Crippen molar-refractivity contribution in [2.45, 2.75) is 65.3 Å². The monoisotopic (exact) mass is 293 g/mol. The van der Waals surface area contributed by atoms with Crippen molar-refractivity contribution in [2.24, 2.45) is 5.73 Å². The molecule has 0 aliphatic heterocycles. The number of nitrogens with one attached hydrogen (secondary N) is 1. The average Bonchev–Trinajstić information content (AvgIpc) is 2.49. The Balaban J connectivity index is 2.21. The van der Waals surface area contributed by atoms with Crippen molar-refractivity contribution >= 4 is 0 Å². The van der Waals surface area contributed by atoms with Gasteiger partial charge in [0.05, 0.1) is 0 Å². The number of hydrogen-bond donors (Lipinski definition) is 2. The van der Waals surface area contributed by atoms with Gasteiger partial charge in [0, 0.05) is 18.3 Å². The molecule has 0 bridgehead atoms. The summed E-state index contributed by atoms with van der Waals surface area (Å²) in [4.78, 5) is 2.63. The molecule has 0 aromatic carbocycles. The minimum Gasteiger partial charge on any atom is -0.385 e. The third kappa shape index (κ3) is 7.68. The van der Waals surface area contributed by atoms with Crippen LogP contribution in [0, 0.1) is 0 Å². The lowest BCUT2D eigenvalue weighted by molar-refractivity contribution is 0.262. The van der Waals surface area contributed by atoms with E-state index in [1.165, 1.54) is 63.0 Å². The fourth-order valence-corrected chi connectivity index (χ4v) is 2.61. The molecule has 0 aromatic heterocycles. The number of unbranched alkanes of at least 4 members (excludes halogenated alkanes) is 2. The second-order valence-electron chi connectivity index (χ2n) is 6.22. The fourth-order valence-electron chi connectivity index (χ4n) is 2.61. The molecule has 1 unspecified atom stereocenters. The number of allylic oxidation sites excluding steroid dienone is 1. The normalized spacial score (nSPS) is 18.6. The van der Waals surface area contributed by atoms with Crippen LogP contribution in [0.2, 0.25) is 0 Å². The molecule has 0 heterocycles.